The van der Waals surface area contributed by atoms with Crippen molar-refractivity contribution in [2.45, 2.75) is 0 Å². The Morgan fingerprint density at radius 3 is 2.81 bits per heavy atom. The van der Waals surface area contributed by atoms with Gasteiger partial charge in [0, 0.05) is 11.5 Å². The van der Waals surface area contributed by atoms with Crippen LogP contribution in [0.4, 0.5) is 4.79 Å². The van der Waals surface area contributed by atoms with E-state index < -0.39 is 6.09 Å². The van der Waals surface area contributed by atoms with Gasteiger partial charge < -0.3 is 4.74 Å². The van der Waals surface area contributed by atoms with Gasteiger partial charge in [-0.05, 0) is 11.5 Å². The predicted octanol–water partition coefficient (Wildman–Crippen LogP) is 2.30. The first kappa shape index (κ1) is 10.4. The standard InChI is InChI=1S/C13H12NO2/c1-2-9-16-13(15)14-8-7-11-5-3-4-6-12(11)10-14/h2-8,10H,1,9H2/q+1. The first-order valence-corrected chi connectivity index (χ1v) is 4.99. The van der Waals surface area contributed by atoms with Gasteiger partial charge in [0.2, 0.25) is 0 Å². The number of aromatic nitrogens is 1. The molecule has 0 radical (unpaired) electrons. The SMILES string of the molecule is C=CCOC(=O)[n+]1ccc2ccccc2c1. The van der Waals surface area contributed by atoms with E-state index in [-0.39, 0.29) is 6.61 Å². The molecule has 0 atom stereocenters. The van der Waals surface area contributed by atoms with Gasteiger partial charge in [0.1, 0.15) is 6.61 Å². The maximum Gasteiger partial charge on any atom is 0.602 e. The molecule has 0 aliphatic carbocycles. The molecule has 0 amide bonds. The zero-order valence-corrected chi connectivity index (χ0v) is 8.80. The second kappa shape index (κ2) is 4.57. The summed E-state index contributed by atoms with van der Waals surface area (Å²) in [5.74, 6) is 0. The van der Waals surface area contributed by atoms with Crippen LogP contribution in [0, 0.1) is 0 Å². The Bertz CT molecular complexity index is 534. The number of fused-ring (bicyclic) bond motifs is 1. The summed E-state index contributed by atoms with van der Waals surface area (Å²) in [6.45, 7) is 3.71. The lowest BCUT2D eigenvalue weighted by Crippen LogP contribution is -2.42. The molecule has 1 heterocycles. The van der Waals surface area contributed by atoms with Crippen molar-refractivity contribution in [1.29, 1.82) is 0 Å². The number of hydrogen-bond donors (Lipinski definition) is 0. The number of rotatable bonds is 2. The van der Waals surface area contributed by atoms with E-state index in [0.717, 1.165) is 10.8 Å². The van der Waals surface area contributed by atoms with Crippen molar-refractivity contribution in [3.8, 4) is 0 Å². The van der Waals surface area contributed by atoms with E-state index in [4.69, 9.17) is 4.74 Å². The lowest BCUT2D eigenvalue weighted by Gasteiger charge is -1.97. The molecule has 0 spiro atoms. The van der Waals surface area contributed by atoms with Crippen molar-refractivity contribution in [3.63, 3.8) is 0 Å². The fourth-order valence-electron chi connectivity index (χ4n) is 1.45. The minimum atomic E-state index is -0.398. The van der Waals surface area contributed by atoms with Crippen LogP contribution < -0.4 is 4.57 Å². The van der Waals surface area contributed by atoms with E-state index >= 15 is 0 Å². The number of benzene rings is 1. The summed E-state index contributed by atoms with van der Waals surface area (Å²) < 4.78 is 6.35. The number of ether oxygens (including phenoxy) is 1. The number of hydrogen-bond acceptors (Lipinski definition) is 2. The Kier molecular flexibility index (Phi) is 2.96. The van der Waals surface area contributed by atoms with E-state index in [0.29, 0.717) is 0 Å². The van der Waals surface area contributed by atoms with E-state index in [9.17, 15) is 4.79 Å². The molecule has 0 saturated heterocycles. The molecular weight excluding hydrogens is 202 g/mol. The van der Waals surface area contributed by atoms with Gasteiger partial charge in [-0.15, -0.1) is 0 Å². The molecular formula is C13H12NO2+. The molecule has 0 aliphatic heterocycles. The third-order valence-electron chi connectivity index (χ3n) is 2.22. The Balaban J connectivity index is 2.32. The molecule has 16 heavy (non-hydrogen) atoms. The smallest absolute Gasteiger partial charge is 0.407 e. The van der Waals surface area contributed by atoms with Gasteiger partial charge in [0.15, 0.2) is 12.4 Å². The van der Waals surface area contributed by atoms with E-state index in [2.05, 4.69) is 6.58 Å². The second-order valence-corrected chi connectivity index (χ2v) is 3.35. The van der Waals surface area contributed by atoms with Gasteiger partial charge in [-0.2, -0.15) is 4.79 Å². The van der Waals surface area contributed by atoms with Crippen LogP contribution in [-0.4, -0.2) is 12.7 Å². The number of carbonyl (C=O) groups excluding carboxylic acids is 1. The molecule has 0 N–H and O–H groups in total. The quantitative estimate of drug-likeness (QED) is 0.567. The Hall–Kier alpha value is -2.16. The average molecular weight is 214 g/mol. The molecule has 1 aromatic heterocycles. The van der Waals surface area contributed by atoms with Crippen LogP contribution in [0.5, 0.6) is 0 Å². The van der Waals surface area contributed by atoms with Crippen LogP contribution in [0.3, 0.4) is 0 Å². The number of nitrogens with zero attached hydrogens (tertiary/aromatic N) is 1. The van der Waals surface area contributed by atoms with E-state index in [1.165, 1.54) is 4.57 Å². The number of pyridine rings is 1. The maximum atomic E-state index is 11.5. The van der Waals surface area contributed by atoms with Gasteiger partial charge in [0.25, 0.3) is 0 Å². The fourth-order valence-corrected chi connectivity index (χ4v) is 1.45. The minimum Gasteiger partial charge on any atom is -0.407 e. The normalized spacial score (nSPS) is 10.0. The Morgan fingerprint density at radius 1 is 1.31 bits per heavy atom. The average Bonchev–Trinajstić information content (AvgIpc) is 2.35. The van der Waals surface area contributed by atoms with Crippen LogP contribution in [0.1, 0.15) is 0 Å². The van der Waals surface area contributed by atoms with Gasteiger partial charge in [-0.1, -0.05) is 35.4 Å². The molecule has 80 valence electrons. The van der Waals surface area contributed by atoms with E-state index in [1.54, 1.807) is 18.5 Å². The summed E-state index contributed by atoms with van der Waals surface area (Å²) in [5.41, 5.74) is 0. The summed E-state index contributed by atoms with van der Waals surface area (Å²) in [6, 6.07) is 9.72. The summed E-state index contributed by atoms with van der Waals surface area (Å²) in [4.78, 5) is 11.5. The first-order valence-electron chi connectivity index (χ1n) is 4.99. The van der Waals surface area contributed by atoms with Crippen molar-refractivity contribution in [1.82, 2.24) is 0 Å². The van der Waals surface area contributed by atoms with E-state index in [1.807, 2.05) is 30.3 Å². The summed E-state index contributed by atoms with van der Waals surface area (Å²) in [7, 11) is 0. The topological polar surface area (TPSA) is 30.2 Å². The molecule has 0 saturated carbocycles. The third-order valence-corrected chi connectivity index (χ3v) is 2.22. The molecule has 1 aromatic carbocycles. The first-order chi connectivity index (χ1) is 7.81. The predicted molar refractivity (Wildman–Crippen MR) is 61.1 cm³/mol. The molecule has 2 aromatic rings. The van der Waals surface area contributed by atoms with Crippen molar-refractivity contribution < 1.29 is 14.1 Å². The lowest BCUT2D eigenvalue weighted by atomic mass is 10.2. The largest absolute Gasteiger partial charge is 0.602 e. The van der Waals surface area contributed by atoms with Gasteiger partial charge in [0.05, 0.1) is 0 Å². The molecule has 3 nitrogen and oxygen atoms in total. The van der Waals surface area contributed by atoms with Crippen LogP contribution in [0.25, 0.3) is 10.8 Å². The second-order valence-electron chi connectivity index (χ2n) is 3.35. The molecule has 0 bridgehead atoms. The van der Waals surface area contributed by atoms with Crippen LogP contribution >= 0.6 is 0 Å². The third kappa shape index (κ3) is 2.08. The highest BCUT2D eigenvalue weighted by molar-refractivity contribution is 5.81. The maximum absolute atomic E-state index is 11.5. The van der Waals surface area contributed by atoms with Crippen molar-refractivity contribution >= 4 is 16.9 Å². The van der Waals surface area contributed by atoms with Crippen LogP contribution in [0.15, 0.2) is 55.4 Å². The van der Waals surface area contributed by atoms with Crippen molar-refractivity contribution in [2.24, 2.45) is 0 Å². The molecule has 0 fully saturated rings. The molecule has 2 rings (SSSR count). The molecule has 0 aliphatic rings. The fraction of sp³-hybridized carbons (Fsp3) is 0.0769. The minimum absolute atomic E-state index is 0.221. The molecule has 0 unspecified atom stereocenters. The summed E-state index contributed by atoms with van der Waals surface area (Å²) in [5, 5.41) is 2.09. The summed E-state index contributed by atoms with van der Waals surface area (Å²) >= 11 is 0. The van der Waals surface area contributed by atoms with Gasteiger partial charge in [-0.3, -0.25) is 0 Å². The summed E-state index contributed by atoms with van der Waals surface area (Å²) in [6.07, 6.45) is 4.58. The van der Waals surface area contributed by atoms with Gasteiger partial charge in [-0.25, -0.2) is 0 Å². The zero-order chi connectivity index (χ0) is 11.4. The lowest BCUT2D eigenvalue weighted by molar-refractivity contribution is -0.584. The highest BCUT2D eigenvalue weighted by atomic mass is 16.5. The zero-order valence-electron chi connectivity index (χ0n) is 8.80. The highest BCUT2D eigenvalue weighted by Gasteiger charge is 2.15. The molecule has 3 heteroatoms. The monoisotopic (exact) mass is 214 g/mol. The Morgan fingerprint density at radius 2 is 2.06 bits per heavy atom. The Labute approximate surface area is 93.6 Å². The van der Waals surface area contributed by atoms with Crippen molar-refractivity contribution in [2.75, 3.05) is 6.61 Å². The van der Waals surface area contributed by atoms with Gasteiger partial charge >= 0.3 is 6.09 Å². The number of carbonyl (C=O) groups is 1. The van der Waals surface area contributed by atoms with Crippen LogP contribution in [0.2, 0.25) is 0 Å². The van der Waals surface area contributed by atoms with Crippen molar-refractivity contribution in [3.05, 3.63) is 55.4 Å². The highest BCUT2D eigenvalue weighted by Crippen LogP contribution is 2.09. The van der Waals surface area contributed by atoms with Crippen LogP contribution in [-0.2, 0) is 4.74 Å².